The first kappa shape index (κ1) is 44.9. The number of hydrogen-bond donors (Lipinski definition) is 2. The SMILES string of the molecule is CC[NH+](CC)CC.CC[NH3+].c1ccc([B-](c2ccccc2)(c2ccccc2)c2ccccc2)cc1.c1ccc([B-](c2ccccc2)(c2ccccc2)c2ccccc2)cc1. The first-order valence-corrected chi connectivity index (χ1v) is 22.0. The first-order valence-electron chi connectivity index (χ1n) is 22.0. The van der Waals surface area contributed by atoms with Crippen LogP contribution in [-0.4, -0.2) is 38.5 Å². The highest BCUT2D eigenvalue weighted by atomic mass is 15.1. The lowest BCUT2D eigenvalue weighted by Crippen LogP contribution is -3.11. The molecular formula is C56H64B2N2. The third-order valence-electron chi connectivity index (χ3n) is 11.9. The van der Waals surface area contributed by atoms with Crippen molar-refractivity contribution < 1.29 is 10.6 Å². The third kappa shape index (κ3) is 10.7. The van der Waals surface area contributed by atoms with Crippen LogP contribution in [-0.2, 0) is 0 Å². The van der Waals surface area contributed by atoms with Gasteiger partial charge in [-0.15, -0.1) is 0 Å². The van der Waals surface area contributed by atoms with E-state index in [1.54, 1.807) is 4.90 Å². The Labute approximate surface area is 361 Å². The van der Waals surface area contributed by atoms with E-state index in [1.165, 1.54) is 63.3 Å². The molecule has 0 unspecified atom stereocenters. The number of benzene rings is 8. The Kier molecular flexibility index (Phi) is 18.0. The molecule has 0 bridgehead atoms. The van der Waals surface area contributed by atoms with Crippen LogP contribution in [0.3, 0.4) is 0 Å². The molecule has 0 aliphatic rings. The molecule has 0 heterocycles. The molecular weight excluding hydrogens is 722 g/mol. The third-order valence-corrected chi connectivity index (χ3v) is 11.9. The predicted octanol–water partition coefficient (Wildman–Crippen LogP) is 5.31. The average Bonchev–Trinajstić information content (AvgIpc) is 3.34. The molecule has 2 nitrogen and oxygen atoms in total. The maximum Gasteiger partial charge on any atom is 0.108 e. The number of rotatable bonds is 11. The van der Waals surface area contributed by atoms with Gasteiger partial charge in [0.15, 0.2) is 0 Å². The molecule has 8 aromatic carbocycles. The van der Waals surface area contributed by atoms with Gasteiger partial charge >= 0.3 is 0 Å². The normalized spacial score (nSPS) is 10.8. The van der Waals surface area contributed by atoms with Gasteiger partial charge in [0.1, 0.15) is 12.3 Å². The van der Waals surface area contributed by atoms with Gasteiger partial charge < -0.3 is 10.6 Å². The summed E-state index contributed by atoms with van der Waals surface area (Å²) >= 11 is 0. The van der Waals surface area contributed by atoms with Gasteiger partial charge in [0.25, 0.3) is 0 Å². The first-order chi connectivity index (χ1) is 29.6. The quantitative estimate of drug-likeness (QED) is 0.167. The monoisotopic (exact) mass is 787 g/mol. The van der Waals surface area contributed by atoms with E-state index in [2.05, 4.69) is 269 Å². The van der Waals surface area contributed by atoms with Crippen molar-refractivity contribution in [2.75, 3.05) is 26.2 Å². The summed E-state index contributed by atoms with van der Waals surface area (Å²) in [7, 11) is 0. The van der Waals surface area contributed by atoms with Crippen molar-refractivity contribution in [3.05, 3.63) is 243 Å². The van der Waals surface area contributed by atoms with Gasteiger partial charge in [-0.3, -0.25) is 0 Å². The molecule has 0 saturated carbocycles. The van der Waals surface area contributed by atoms with Crippen molar-refractivity contribution in [2.24, 2.45) is 0 Å². The lowest BCUT2D eigenvalue weighted by molar-refractivity contribution is -0.894. The Morgan fingerprint density at radius 2 is 0.383 bits per heavy atom. The van der Waals surface area contributed by atoms with Crippen LogP contribution in [0.5, 0.6) is 0 Å². The summed E-state index contributed by atoms with van der Waals surface area (Å²) in [4.78, 5) is 1.68. The van der Waals surface area contributed by atoms with Gasteiger partial charge in [0, 0.05) is 0 Å². The Morgan fingerprint density at radius 1 is 0.267 bits per heavy atom. The van der Waals surface area contributed by atoms with Gasteiger partial charge in [-0.2, -0.15) is 43.7 Å². The van der Waals surface area contributed by atoms with Crippen LogP contribution in [0.2, 0.25) is 0 Å². The van der Waals surface area contributed by atoms with Crippen molar-refractivity contribution in [2.45, 2.75) is 27.7 Å². The minimum absolute atomic E-state index is 1.00. The summed E-state index contributed by atoms with van der Waals surface area (Å²) in [5.41, 5.74) is 14.2. The molecule has 0 fully saturated rings. The van der Waals surface area contributed by atoms with Gasteiger partial charge in [-0.05, 0) is 27.7 Å². The van der Waals surface area contributed by atoms with Crippen LogP contribution in [0.25, 0.3) is 0 Å². The van der Waals surface area contributed by atoms with Crippen molar-refractivity contribution in [1.29, 1.82) is 0 Å². The summed E-state index contributed by atoms with van der Waals surface area (Å²) < 4.78 is 0. The molecule has 8 aromatic rings. The highest BCUT2D eigenvalue weighted by Crippen LogP contribution is 2.11. The zero-order valence-corrected chi connectivity index (χ0v) is 36.3. The molecule has 0 amide bonds. The van der Waals surface area contributed by atoms with E-state index in [0.29, 0.717) is 0 Å². The molecule has 0 aromatic heterocycles. The van der Waals surface area contributed by atoms with Crippen molar-refractivity contribution in [3.8, 4) is 0 Å². The maximum atomic E-state index is 3.49. The Morgan fingerprint density at radius 3 is 0.467 bits per heavy atom. The van der Waals surface area contributed by atoms with E-state index in [0.717, 1.165) is 6.54 Å². The second-order valence-electron chi connectivity index (χ2n) is 15.3. The second-order valence-corrected chi connectivity index (χ2v) is 15.3. The van der Waals surface area contributed by atoms with Crippen LogP contribution in [0.15, 0.2) is 243 Å². The molecule has 4 N–H and O–H groups in total. The van der Waals surface area contributed by atoms with Crippen LogP contribution in [0, 0.1) is 0 Å². The Bertz CT molecular complexity index is 1800. The van der Waals surface area contributed by atoms with E-state index in [1.807, 2.05) is 6.92 Å². The van der Waals surface area contributed by atoms with E-state index in [4.69, 9.17) is 0 Å². The zero-order valence-electron chi connectivity index (χ0n) is 36.3. The van der Waals surface area contributed by atoms with Crippen LogP contribution < -0.4 is 54.3 Å². The molecule has 304 valence electrons. The fourth-order valence-electron chi connectivity index (χ4n) is 8.99. The van der Waals surface area contributed by atoms with Crippen molar-refractivity contribution in [1.82, 2.24) is 0 Å². The largest absolute Gasteiger partial charge is 0.358 e. The van der Waals surface area contributed by atoms with Gasteiger partial charge in [0.2, 0.25) is 0 Å². The van der Waals surface area contributed by atoms with Crippen LogP contribution in [0.4, 0.5) is 0 Å². The number of hydrogen-bond acceptors (Lipinski definition) is 0. The molecule has 0 aliphatic carbocycles. The summed E-state index contributed by atoms with van der Waals surface area (Å²) in [6.45, 7) is 13.5. The van der Waals surface area contributed by atoms with Gasteiger partial charge in [-0.1, -0.05) is 243 Å². The van der Waals surface area contributed by atoms with Gasteiger partial charge in [0.05, 0.1) is 26.2 Å². The molecule has 0 spiro atoms. The molecule has 60 heavy (non-hydrogen) atoms. The standard InChI is InChI=1S/2C24H20B.C6H15N.C2H7N/c2*1-5-13-21(14-6-1)25(22-15-7-2-8-16-22,23-17-9-3-10-18-23)24-19-11-4-12-20-24;1-4-7(5-2)6-3;1-2-3/h2*1-20H;4-6H2,1-3H3;2-3H2,1H3/q2*-1;;/p+2. The van der Waals surface area contributed by atoms with E-state index >= 15 is 0 Å². The zero-order chi connectivity index (χ0) is 42.3. The molecule has 0 aliphatic heterocycles. The summed E-state index contributed by atoms with van der Waals surface area (Å²) in [5.74, 6) is 0. The number of nitrogens with one attached hydrogen (secondary N) is 1. The summed E-state index contributed by atoms with van der Waals surface area (Å²) in [6.07, 6.45) is -2.43. The summed E-state index contributed by atoms with van der Waals surface area (Å²) in [5, 5.41) is 0. The van der Waals surface area contributed by atoms with Crippen LogP contribution in [0.1, 0.15) is 27.7 Å². The predicted molar refractivity (Wildman–Crippen MR) is 266 cm³/mol. The fraction of sp³-hybridized carbons (Fsp3) is 0.143. The van der Waals surface area contributed by atoms with Crippen LogP contribution >= 0.6 is 0 Å². The molecule has 0 saturated heterocycles. The fourth-order valence-corrected chi connectivity index (χ4v) is 8.99. The van der Waals surface area contributed by atoms with Gasteiger partial charge in [-0.25, -0.2) is 0 Å². The van der Waals surface area contributed by atoms with E-state index in [-0.39, 0.29) is 0 Å². The van der Waals surface area contributed by atoms with Crippen molar-refractivity contribution >= 4 is 56.0 Å². The molecule has 0 atom stereocenters. The van der Waals surface area contributed by atoms with Crippen molar-refractivity contribution in [3.63, 3.8) is 0 Å². The summed E-state index contributed by atoms with van der Waals surface area (Å²) in [6, 6.07) is 87.1. The Balaban J connectivity index is 0.000000186. The minimum Gasteiger partial charge on any atom is -0.358 e. The highest BCUT2D eigenvalue weighted by Gasteiger charge is 2.32. The second kappa shape index (κ2) is 24.0. The number of quaternary nitrogens is 2. The topological polar surface area (TPSA) is 32.1 Å². The lowest BCUT2D eigenvalue weighted by atomic mass is 9.13. The average molecular weight is 787 g/mol. The highest BCUT2D eigenvalue weighted by molar-refractivity contribution is 7.20. The Hall–Kier alpha value is -6.19. The van der Waals surface area contributed by atoms with E-state index < -0.39 is 12.3 Å². The molecule has 8 rings (SSSR count). The lowest BCUT2D eigenvalue weighted by Gasteiger charge is -2.44. The maximum absolute atomic E-state index is 3.49. The minimum atomic E-state index is -1.22. The smallest absolute Gasteiger partial charge is 0.108 e. The van der Waals surface area contributed by atoms with E-state index in [9.17, 15) is 0 Å². The molecule has 0 radical (unpaired) electrons. The molecule has 4 heteroatoms.